The zero-order valence-electron chi connectivity index (χ0n) is 14.1. The van der Waals surface area contributed by atoms with Gasteiger partial charge in [-0.3, -0.25) is 9.52 Å². The lowest BCUT2D eigenvalue weighted by molar-refractivity contribution is -0.120. The predicted molar refractivity (Wildman–Crippen MR) is 103 cm³/mol. The van der Waals surface area contributed by atoms with Gasteiger partial charge >= 0.3 is 0 Å². The molecule has 0 radical (unpaired) electrons. The molecule has 1 amide bonds. The summed E-state index contributed by atoms with van der Waals surface area (Å²) in [6.45, 7) is 0. The van der Waals surface area contributed by atoms with E-state index >= 15 is 0 Å². The maximum absolute atomic E-state index is 12.5. The molecule has 2 N–H and O–H groups in total. The smallest absolute Gasteiger partial charge is 0.236 e. The summed E-state index contributed by atoms with van der Waals surface area (Å²) in [4.78, 5) is 12.5. The van der Waals surface area contributed by atoms with Gasteiger partial charge in [0.25, 0.3) is 0 Å². The maximum Gasteiger partial charge on any atom is 0.236 e. The largest absolute Gasteiger partial charge is 0.325 e. The minimum atomic E-state index is -3.56. The Kier molecular flexibility index (Phi) is 4.20. The third-order valence-electron chi connectivity index (χ3n) is 5.22. The molecule has 1 heterocycles. The van der Waals surface area contributed by atoms with Crippen molar-refractivity contribution < 1.29 is 13.2 Å². The van der Waals surface area contributed by atoms with Crippen LogP contribution in [0.2, 0.25) is 5.02 Å². The molecule has 1 aliphatic carbocycles. The molecule has 2 aliphatic rings. The number of sulfonamides is 1. The van der Waals surface area contributed by atoms with E-state index in [2.05, 4.69) is 10.0 Å². The third-order valence-corrected chi connectivity index (χ3v) is 6.73. The third kappa shape index (κ3) is 3.08. The minimum Gasteiger partial charge on any atom is -0.325 e. The second kappa shape index (κ2) is 6.28. The lowest BCUT2D eigenvalue weighted by Crippen LogP contribution is -2.31. The number of fused-ring (bicyclic) bond motifs is 2. The predicted octanol–water partition coefficient (Wildman–Crippen LogP) is 4.05. The molecular weight excluding hydrogens is 372 g/mol. The standard InChI is InChI=1S/C19H19ClN2O3S/c20-14-5-3-13(4-6-14)12-26(24,25)22-15-7-8-17-16(11-15)19(18(23)21-17)9-1-2-10-19/h3-8,11,22H,1-2,9-10,12H2,(H,21,23). The highest BCUT2D eigenvalue weighted by atomic mass is 35.5. The molecule has 4 rings (SSSR count). The quantitative estimate of drug-likeness (QED) is 0.827. The molecule has 0 saturated heterocycles. The molecule has 1 fully saturated rings. The van der Waals surface area contributed by atoms with E-state index in [1.54, 1.807) is 42.5 Å². The Balaban J connectivity index is 1.59. The van der Waals surface area contributed by atoms with Crippen molar-refractivity contribution in [3.05, 3.63) is 58.6 Å². The van der Waals surface area contributed by atoms with Gasteiger partial charge in [0.2, 0.25) is 15.9 Å². The number of hydrogen-bond acceptors (Lipinski definition) is 3. The average Bonchev–Trinajstić information content (AvgIpc) is 3.17. The molecule has 0 unspecified atom stereocenters. The van der Waals surface area contributed by atoms with Gasteiger partial charge in [-0.05, 0) is 54.3 Å². The van der Waals surface area contributed by atoms with Gasteiger partial charge in [-0.15, -0.1) is 0 Å². The number of hydrogen-bond donors (Lipinski definition) is 2. The van der Waals surface area contributed by atoms with Gasteiger partial charge in [0.1, 0.15) is 0 Å². The number of carbonyl (C=O) groups excluding carboxylic acids is 1. The van der Waals surface area contributed by atoms with Crippen LogP contribution in [0.3, 0.4) is 0 Å². The van der Waals surface area contributed by atoms with Gasteiger partial charge in [0.05, 0.1) is 11.2 Å². The van der Waals surface area contributed by atoms with Crippen molar-refractivity contribution >= 4 is 38.9 Å². The molecular formula is C19H19ClN2O3S. The first-order chi connectivity index (χ1) is 12.4. The molecule has 2 aromatic rings. The van der Waals surface area contributed by atoms with Crippen LogP contribution in [0.1, 0.15) is 36.8 Å². The first-order valence-corrected chi connectivity index (χ1v) is 10.6. The fourth-order valence-corrected chi connectivity index (χ4v) is 5.28. The van der Waals surface area contributed by atoms with Crippen LogP contribution in [-0.2, 0) is 26.0 Å². The Morgan fingerprint density at radius 2 is 1.77 bits per heavy atom. The lowest BCUT2D eigenvalue weighted by atomic mass is 9.80. The van der Waals surface area contributed by atoms with Crippen LogP contribution in [0.25, 0.3) is 0 Å². The monoisotopic (exact) mass is 390 g/mol. The molecule has 1 spiro atoms. The van der Waals surface area contributed by atoms with Crippen LogP contribution in [-0.4, -0.2) is 14.3 Å². The second-order valence-corrected chi connectivity index (χ2v) is 9.15. The van der Waals surface area contributed by atoms with Crippen LogP contribution in [0.5, 0.6) is 0 Å². The van der Waals surface area contributed by atoms with Crippen LogP contribution >= 0.6 is 11.6 Å². The number of amides is 1. The zero-order valence-corrected chi connectivity index (χ0v) is 15.7. The van der Waals surface area contributed by atoms with E-state index in [1.165, 1.54) is 0 Å². The average molecular weight is 391 g/mol. The molecule has 0 bridgehead atoms. The van der Waals surface area contributed by atoms with Gasteiger partial charge in [-0.1, -0.05) is 36.6 Å². The van der Waals surface area contributed by atoms with Crippen molar-refractivity contribution in [2.45, 2.75) is 36.9 Å². The fraction of sp³-hybridized carbons (Fsp3) is 0.316. The SMILES string of the molecule is O=C1Nc2ccc(NS(=O)(=O)Cc3ccc(Cl)cc3)cc2C12CCCC2. The Hall–Kier alpha value is -2.05. The van der Waals surface area contributed by atoms with Crippen LogP contribution < -0.4 is 10.0 Å². The molecule has 7 heteroatoms. The maximum atomic E-state index is 12.5. The topological polar surface area (TPSA) is 75.3 Å². The highest BCUT2D eigenvalue weighted by Gasteiger charge is 2.48. The van der Waals surface area contributed by atoms with Crippen LogP contribution in [0.4, 0.5) is 11.4 Å². The van der Waals surface area contributed by atoms with Crippen molar-refractivity contribution in [2.24, 2.45) is 0 Å². The van der Waals surface area contributed by atoms with E-state index in [9.17, 15) is 13.2 Å². The van der Waals surface area contributed by atoms with Gasteiger partial charge in [0, 0.05) is 16.4 Å². The van der Waals surface area contributed by atoms with E-state index in [1.807, 2.05) is 0 Å². The molecule has 1 saturated carbocycles. The fourth-order valence-electron chi connectivity index (χ4n) is 3.97. The van der Waals surface area contributed by atoms with E-state index in [-0.39, 0.29) is 11.7 Å². The van der Waals surface area contributed by atoms with E-state index in [4.69, 9.17) is 11.6 Å². The lowest BCUT2D eigenvalue weighted by Gasteiger charge is -2.21. The van der Waals surface area contributed by atoms with Gasteiger partial charge in [-0.2, -0.15) is 0 Å². The summed E-state index contributed by atoms with van der Waals surface area (Å²) in [5, 5.41) is 3.50. The number of nitrogens with one attached hydrogen (secondary N) is 2. The number of carbonyl (C=O) groups is 1. The van der Waals surface area contributed by atoms with Crippen molar-refractivity contribution in [2.75, 3.05) is 10.0 Å². The minimum absolute atomic E-state index is 0.0335. The van der Waals surface area contributed by atoms with Crippen molar-refractivity contribution in [3.63, 3.8) is 0 Å². The second-order valence-electron chi connectivity index (χ2n) is 6.99. The summed E-state index contributed by atoms with van der Waals surface area (Å²) < 4.78 is 27.6. The first kappa shape index (κ1) is 17.4. The summed E-state index contributed by atoms with van der Waals surface area (Å²) >= 11 is 5.84. The van der Waals surface area contributed by atoms with E-state index < -0.39 is 15.4 Å². The zero-order chi connectivity index (χ0) is 18.4. The van der Waals surface area contributed by atoms with Crippen molar-refractivity contribution in [3.8, 4) is 0 Å². The summed E-state index contributed by atoms with van der Waals surface area (Å²) in [6.07, 6.45) is 3.65. The number of benzene rings is 2. The van der Waals surface area contributed by atoms with Crippen LogP contribution in [0, 0.1) is 0 Å². The van der Waals surface area contributed by atoms with Gasteiger partial charge in [-0.25, -0.2) is 8.42 Å². The Labute approximate surface area is 157 Å². The molecule has 0 atom stereocenters. The number of rotatable bonds is 4. The summed E-state index contributed by atoms with van der Waals surface area (Å²) in [5.41, 5.74) is 2.35. The van der Waals surface area contributed by atoms with Gasteiger partial charge < -0.3 is 5.32 Å². The van der Waals surface area contributed by atoms with Crippen molar-refractivity contribution in [1.29, 1.82) is 0 Å². The normalized spacial score (nSPS) is 18.0. The number of halogens is 1. The summed E-state index contributed by atoms with van der Waals surface area (Å²) in [5.74, 6) is -0.102. The van der Waals surface area contributed by atoms with E-state index in [0.29, 0.717) is 16.3 Å². The Morgan fingerprint density at radius 3 is 2.46 bits per heavy atom. The molecule has 136 valence electrons. The first-order valence-electron chi connectivity index (χ1n) is 8.59. The summed E-state index contributed by atoms with van der Waals surface area (Å²) in [7, 11) is -3.56. The Morgan fingerprint density at radius 1 is 1.08 bits per heavy atom. The highest BCUT2D eigenvalue weighted by Crippen LogP contribution is 2.49. The molecule has 0 aromatic heterocycles. The molecule has 1 aliphatic heterocycles. The molecule has 5 nitrogen and oxygen atoms in total. The Bertz CT molecular complexity index is 965. The van der Waals surface area contributed by atoms with Crippen molar-refractivity contribution in [1.82, 2.24) is 0 Å². The highest BCUT2D eigenvalue weighted by molar-refractivity contribution is 7.91. The van der Waals surface area contributed by atoms with Crippen LogP contribution in [0.15, 0.2) is 42.5 Å². The number of anilines is 2. The van der Waals surface area contributed by atoms with Gasteiger partial charge in [0.15, 0.2) is 0 Å². The molecule has 2 aromatic carbocycles. The molecule has 26 heavy (non-hydrogen) atoms. The summed E-state index contributed by atoms with van der Waals surface area (Å²) in [6, 6.07) is 12.0. The van der Waals surface area contributed by atoms with E-state index in [0.717, 1.165) is 36.9 Å².